The summed E-state index contributed by atoms with van der Waals surface area (Å²) in [5.41, 5.74) is 4.88. The zero-order chi connectivity index (χ0) is 17.6. The van der Waals surface area contributed by atoms with E-state index in [2.05, 4.69) is 4.72 Å². The van der Waals surface area contributed by atoms with Crippen LogP contribution in [0.1, 0.15) is 22.7 Å². The van der Waals surface area contributed by atoms with Crippen LogP contribution in [0.5, 0.6) is 0 Å². The van der Waals surface area contributed by atoms with Crippen molar-refractivity contribution in [2.24, 2.45) is 0 Å². The number of hydrogen-bond acceptors (Lipinski definition) is 2. The van der Waals surface area contributed by atoms with Gasteiger partial charge in [-0.1, -0.05) is 59.6 Å². The fourth-order valence-corrected chi connectivity index (χ4v) is 4.62. The van der Waals surface area contributed by atoms with Crippen molar-refractivity contribution >= 4 is 21.6 Å². The van der Waals surface area contributed by atoms with Crippen LogP contribution in [0.15, 0.2) is 71.6 Å². The molecule has 4 rings (SSSR count). The Hall–Kier alpha value is -2.14. The molecule has 0 spiro atoms. The third kappa shape index (κ3) is 2.86. The maximum atomic E-state index is 12.9. The molecule has 0 amide bonds. The molecule has 0 bridgehead atoms. The van der Waals surface area contributed by atoms with Crippen LogP contribution in [-0.2, 0) is 10.0 Å². The van der Waals surface area contributed by atoms with Gasteiger partial charge in [-0.25, -0.2) is 8.42 Å². The summed E-state index contributed by atoms with van der Waals surface area (Å²) >= 11 is 6.16. The Bertz CT molecular complexity index is 1060. The van der Waals surface area contributed by atoms with Gasteiger partial charge in [0.1, 0.15) is 0 Å². The zero-order valence-electron chi connectivity index (χ0n) is 13.5. The lowest BCUT2D eigenvalue weighted by Gasteiger charge is -2.16. The highest BCUT2D eigenvalue weighted by atomic mass is 35.5. The molecule has 3 aromatic rings. The molecule has 0 aliphatic heterocycles. The average Bonchev–Trinajstić information content (AvgIpc) is 2.88. The van der Waals surface area contributed by atoms with Gasteiger partial charge in [0.25, 0.3) is 0 Å². The van der Waals surface area contributed by atoms with Crippen LogP contribution in [0.2, 0.25) is 5.02 Å². The minimum atomic E-state index is -3.65. The summed E-state index contributed by atoms with van der Waals surface area (Å²) in [6.45, 7) is 1.93. The van der Waals surface area contributed by atoms with E-state index < -0.39 is 16.1 Å². The Morgan fingerprint density at radius 3 is 2.32 bits per heavy atom. The molecule has 0 saturated carbocycles. The monoisotopic (exact) mass is 369 g/mol. The van der Waals surface area contributed by atoms with Crippen LogP contribution >= 0.6 is 11.6 Å². The van der Waals surface area contributed by atoms with Crippen LogP contribution in [0.4, 0.5) is 0 Å². The summed E-state index contributed by atoms with van der Waals surface area (Å²) in [5, 5.41) is 0.589. The van der Waals surface area contributed by atoms with E-state index in [1.165, 1.54) is 0 Å². The van der Waals surface area contributed by atoms with E-state index in [0.717, 1.165) is 27.8 Å². The van der Waals surface area contributed by atoms with Gasteiger partial charge in [-0.3, -0.25) is 0 Å². The Morgan fingerprint density at radius 2 is 1.56 bits per heavy atom. The van der Waals surface area contributed by atoms with Gasteiger partial charge in [-0.05, 0) is 53.4 Å². The second kappa shape index (κ2) is 5.99. The Morgan fingerprint density at radius 1 is 0.880 bits per heavy atom. The molecule has 5 heteroatoms. The number of nitrogens with one attached hydrogen (secondary N) is 1. The molecule has 1 aliphatic carbocycles. The van der Waals surface area contributed by atoms with Crippen LogP contribution in [0, 0.1) is 6.92 Å². The molecule has 0 saturated heterocycles. The van der Waals surface area contributed by atoms with E-state index >= 15 is 0 Å². The zero-order valence-corrected chi connectivity index (χ0v) is 15.1. The van der Waals surface area contributed by atoms with E-state index in [4.69, 9.17) is 11.6 Å². The predicted octanol–water partition coefficient (Wildman–Crippen LogP) is 4.70. The second-order valence-electron chi connectivity index (χ2n) is 6.19. The lowest BCUT2D eigenvalue weighted by molar-refractivity contribution is 0.573. The number of hydrogen-bond donors (Lipinski definition) is 1. The number of halogens is 1. The Kier molecular flexibility index (Phi) is 3.91. The van der Waals surface area contributed by atoms with Crippen LogP contribution < -0.4 is 4.72 Å². The first-order chi connectivity index (χ1) is 12.0. The second-order valence-corrected chi connectivity index (χ2v) is 8.34. The van der Waals surface area contributed by atoms with Gasteiger partial charge in [0, 0.05) is 5.02 Å². The van der Waals surface area contributed by atoms with Crippen LogP contribution in [0.25, 0.3) is 11.1 Å². The molecule has 25 heavy (non-hydrogen) atoms. The van der Waals surface area contributed by atoms with Gasteiger partial charge in [-0.2, -0.15) is 4.72 Å². The van der Waals surface area contributed by atoms with Crippen molar-refractivity contribution in [2.45, 2.75) is 17.9 Å². The van der Waals surface area contributed by atoms with Crippen LogP contribution in [-0.4, -0.2) is 8.42 Å². The molecular weight excluding hydrogens is 354 g/mol. The van der Waals surface area contributed by atoms with Gasteiger partial charge in [0.05, 0.1) is 10.9 Å². The molecule has 1 unspecified atom stereocenters. The van der Waals surface area contributed by atoms with E-state index in [9.17, 15) is 8.42 Å². The maximum absolute atomic E-state index is 12.9. The van der Waals surface area contributed by atoms with Gasteiger partial charge in [-0.15, -0.1) is 0 Å². The van der Waals surface area contributed by atoms with E-state index in [-0.39, 0.29) is 4.90 Å². The number of fused-ring (bicyclic) bond motifs is 3. The predicted molar refractivity (Wildman–Crippen MR) is 100 cm³/mol. The van der Waals surface area contributed by atoms with Crippen LogP contribution in [0.3, 0.4) is 0 Å². The third-order valence-electron chi connectivity index (χ3n) is 4.49. The first-order valence-corrected chi connectivity index (χ1v) is 9.79. The van der Waals surface area contributed by atoms with Crippen molar-refractivity contribution in [3.05, 3.63) is 88.4 Å². The molecule has 0 fully saturated rings. The lowest BCUT2D eigenvalue weighted by atomic mass is 10.1. The van der Waals surface area contributed by atoms with E-state index in [1.54, 1.807) is 24.3 Å². The Balaban J connectivity index is 1.80. The number of rotatable bonds is 3. The average molecular weight is 370 g/mol. The fraction of sp³-hybridized carbons (Fsp3) is 0.100. The molecule has 1 aliphatic rings. The van der Waals surface area contributed by atoms with Gasteiger partial charge < -0.3 is 0 Å². The molecule has 3 nitrogen and oxygen atoms in total. The topological polar surface area (TPSA) is 46.2 Å². The highest BCUT2D eigenvalue weighted by Gasteiger charge is 2.32. The summed E-state index contributed by atoms with van der Waals surface area (Å²) in [6.07, 6.45) is 0. The number of benzene rings is 3. The van der Waals surface area contributed by atoms with Crippen molar-refractivity contribution in [3.8, 4) is 11.1 Å². The molecule has 3 aromatic carbocycles. The first kappa shape index (κ1) is 16.3. The summed E-state index contributed by atoms with van der Waals surface area (Å²) in [5.74, 6) is 0. The smallest absolute Gasteiger partial charge is 0.207 e. The van der Waals surface area contributed by atoms with E-state index in [1.807, 2.05) is 49.4 Å². The highest BCUT2D eigenvalue weighted by molar-refractivity contribution is 7.89. The molecule has 1 atom stereocenters. The van der Waals surface area contributed by atoms with Gasteiger partial charge >= 0.3 is 0 Å². The number of aryl methyl sites for hydroxylation is 1. The van der Waals surface area contributed by atoms with Crippen molar-refractivity contribution in [1.29, 1.82) is 0 Å². The van der Waals surface area contributed by atoms with Crippen molar-refractivity contribution in [2.75, 3.05) is 0 Å². The molecular formula is C20H16ClNO2S. The quantitative estimate of drug-likeness (QED) is 0.727. The molecule has 126 valence electrons. The summed E-state index contributed by atoms with van der Waals surface area (Å²) in [6, 6.07) is 19.8. The SMILES string of the molecule is Cc1ccc(S(=O)(=O)NC2c3ccccc3-c3ccc(Cl)cc32)cc1. The van der Waals surface area contributed by atoms with Gasteiger partial charge in [0.2, 0.25) is 10.0 Å². The van der Waals surface area contributed by atoms with E-state index in [0.29, 0.717) is 5.02 Å². The summed E-state index contributed by atoms with van der Waals surface area (Å²) < 4.78 is 28.6. The normalized spacial score (nSPS) is 15.7. The van der Waals surface area contributed by atoms with Crippen molar-refractivity contribution < 1.29 is 8.42 Å². The third-order valence-corrected chi connectivity index (χ3v) is 6.16. The molecule has 0 radical (unpaired) electrons. The number of sulfonamides is 1. The molecule has 1 N–H and O–H groups in total. The maximum Gasteiger partial charge on any atom is 0.241 e. The van der Waals surface area contributed by atoms with Gasteiger partial charge in [0.15, 0.2) is 0 Å². The minimum Gasteiger partial charge on any atom is -0.207 e. The minimum absolute atomic E-state index is 0.256. The first-order valence-electron chi connectivity index (χ1n) is 7.93. The summed E-state index contributed by atoms with van der Waals surface area (Å²) in [4.78, 5) is 0.256. The van der Waals surface area contributed by atoms with Crippen molar-refractivity contribution in [3.63, 3.8) is 0 Å². The largest absolute Gasteiger partial charge is 0.241 e. The van der Waals surface area contributed by atoms with Crippen molar-refractivity contribution in [1.82, 2.24) is 4.72 Å². The molecule has 0 aromatic heterocycles. The summed E-state index contributed by atoms with van der Waals surface area (Å²) in [7, 11) is -3.65. The standard InChI is InChI=1S/C20H16ClNO2S/c1-13-6-9-15(10-7-13)25(23,24)22-20-18-5-3-2-4-16(18)17-11-8-14(21)12-19(17)20/h2-12,20,22H,1H3. The Labute approximate surface area is 152 Å². The lowest BCUT2D eigenvalue weighted by Crippen LogP contribution is -2.28. The molecule has 0 heterocycles. The fourth-order valence-electron chi connectivity index (χ4n) is 3.25. The highest BCUT2D eigenvalue weighted by Crippen LogP contribution is 2.44.